The Bertz CT molecular complexity index is 934. The third kappa shape index (κ3) is 4.12. The van der Waals surface area contributed by atoms with Gasteiger partial charge in [-0.2, -0.15) is 5.26 Å². The molecule has 4 aliphatic carbocycles. The molecule has 174 valence electrons. The van der Waals surface area contributed by atoms with Gasteiger partial charge in [-0.15, -0.1) is 0 Å². The van der Waals surface area contributed by atoms with Crippen LogP contribution in [0.25, 0.3) is 0 Å². The van der Waals surface area contributed by atoms with Crippen LogP contribution in [-0.4, -0.2) is 48.4 Å². The molecule has 1 heterocycles. The highest BCUT2D eigenvalue weighted by atomic mass is 16.5. The molecule has 4 bridgehead atoms. The van der Waals surface area contributed by atoms with Crippen molar-refractivity contribution in [1.29, 1.82) is 5.26 Å². The number of para-hydroxylation sites is 1. The summed E-state index contributed by atoms with van der Waals surface area (Å²) in [7, 11) is 0. The first-order valence-corrected chi connectivity index (χ1v) is 12.2. The lowest BCUT2D eigenvalue weighted by atomic mass is 9.49. The summed E-state index contributed by atoms with van der Waals surface area (Å²) in [4.78, 5) is 42.5. The first-order chi connectivity index (χ1) is 16.0. The number of carbonyl (C=O) groups is 3. The van der Waals surface area contributed by atoms with Crippen molar-refractivity contribution in [3.8, 4) is 6.07 Å². The molecule has 5 fully saturated rings. The quantitative estimate of drug-likeness (QED) is 0.491. The Morgan fingerprint density at radius 1 is 1.06 bits per heavy atom. The van der Waals surface area contributed by atoms with Crippen molar-refractivity contribution in [1.82, 2.24) is 4.90 Å². The molecule has 1 unspecified atom stereocenters. The fourth-order valence-corrected chi connectivity index (χ4v) is 7.24. The number of hydrogen-bond donors (Lipinski definition) is 0. The van der Waals surface area contributed by atoms with Crippen molar-refractivity contribution in [2.45, 2.75) is 57.4 Å². The fraction of sp³-hybridized carbons (Fsp3) is 0.615. The third-order valence-corrected chi connectivity index (χ3v) is 8.21. The second-order valence-electron chi connectivity index (χ2n) is 10.4. The van der Waals surface area contributed by atoms with Crippen molar-refractivity contribution < 1.29 is 19.1 Å². The summed E-state index contributed by atoms with van der Waals surface area (Å²) in [6.45, 7) is 0.0185. The smallest absolute Gasteiger partial charge is 0.329 e. The van der Waals surface area contributed by atoms with Crippen LogP contribution in [0.15, 0.2) is 30.3 Å². The monoisotopic (exact) mass is 449 g/mol. The van der Waals surface area contributed by atoms with E-state index in [-0.39, 0.29) is 17.9 Å². The van der Waals surface area contributed by atoms with E-state index in [0.29, 0.717) is 36.4 Å². The van der Waals surface area contributed by atoms with E-state index in [4.69, 9.17) is 10.00 Å². The number of amides is 2. The molecule has 7 heteroatoms. The van der Waals surface area contributed by atoms with Gasteiger partial charge in [0.25, 0.3) is 5.91 Å². The number of nitrogens with zero attached hydrogens (tertiary/aromatic N) is 3. The van der Waals surface area contributed by atoms with Gasteiger partial charge in [0.15, 0.2) is 6.61 Å². The SMILES string of the molecule is N#CCN(C(=O)COC(=O)C1CCCN1C(=O)C12CC3CC(CC(C3)C1)C2)c1ccccc1. The van der Waals surface area contributed by atoms with Crippen LogP contribution in [0.2, 0.25) is 0 Å². The Kier molecular flexibility index (Phi) is 5.86. The molecule has 0 N–H and O–H groups in total. The van der Waals surface area contributed by atoms with Gasteiger partial charge in [-0.3, -0.25) is 14.5 Å². The summed E-state index contributed by atoms with van der Waals surface area (Å²) >= 11 is 0. The Morgan fingerprint density at radius 2 is 1.70 bits per heavy atom. The van der Waals surface area contributed by atoms with Gasteiger partial charge in [0.05, 0.1) is 11.5 Å². The van der Waals surface area contributed by atoms with Gasteiger partial charge in [0.2, 0.25) is 5.91 Å². The number of nitriles is 1. The summed E-state index contributed by atoms with van der Waals surface area (Å²) in [5.74, 6) is 1.17. The maximum atomic E-state index is 13.7. The number of hydrogen-bond acceptors (Lipinski definition) is 5. The van der Waals surface area contributed by atoms with Crippen molar-refractivity contribution >= 4 is 23.5 Å². The summed E-state index contributed by atoms with van der Waals surface area (Å²) in [6.07, 6.45) is 8.04. The number of ether oxygens (including phenoxy) is 1. The van der Waals surface area contributed by atoms with Crippen molar-refractivity contribution in [2.75, 3.05) is 24.6 Å². The van der Waals surface area contributed by atoms with E-state index in [9.17, 15) is 14.4 Å². The summed E-state index contributed by atoms with van der Waals surface area (Å²) < 4.78 is 5.40. The third-order valence-electron chi connectivity index (χ3n) is 8.21. The fourth-order valence-electron chi connectivity index (χ4n) is 7.24. The number of benzene rings is 1. The Labute approximate surface area is 194 Å². The molecule has 1 saturated heterocycles. The van der Waals surface area contributed by atoms with E-state index in [1.807, 2.05) is 12.1 Å². The van der Waals surface area contributed by atoms with Crippen LogP contribution in [0.5, 0.6) is 0 Å². The van der Waals surface area contributed by atoms with E-state index in [0.717, 1.165) is 25.7 Å². The molecular formula is C26H31N3O4. The van der Waals surface area contributed by atoms with Gasteiger partial charge in [-0.05, 0) is 81.3 Å². The zero-order valence-corrected chi connectivity index (χ0v) is 18.9. The van der Waals surface area contributed by atoms with E-state index < -0.39 is 24.5 Å². The normalized spacial score (nSPS) is 31.8. The maximum absolute atomic E-state index is 13.7. The highest BCUT2D eigenvalue weighted by Crippen LogP contribution is 2.60. The Hall–Kier alpha value is -2.88. The van der Waals surface area contributed by atoms with E-state index in [1.54, 1.807) is 29.2 Å². The highest BCUT2D eigenvalue weighted by molar-refractivity contribution is 5.96. The number of rotatable bonds is 6. The minimum Gasteiger partial charge on any atom is -0.454 e. The molecular weight excluding hydrogens is 418 g/mol. The standard InChI is InChI=1S/C26H31N3O4/c27-8-10-28(21-5-2-1-3-6-21)23(30)17-33-24(31)22-7-4-9-29(22)25(32)26-14-18-11-19(15-26)13-20(12-18)16-26/h1-3,5-6,18-20,22H,4,7,9-17H2. The molecule has 7 nitrogen and oxygen atoms in total. The molecule has 1 aromatic carbocycles. The molecule has 1 aliphatic heterocycles. The van der Waals surface area contributed by atoms with Crippen LogP contribution in [0.3, 0.4) is 0 Å². The van der Waals surface area contributed by atoms with Crippen molar-refractivity contribution in [2.24, 2.45) is 23.2 Å². The van der Waals surface area contributed by atoms with Crippen molar-refractivity contribution in [3.05, 3.63) is 30.3 Å². The van der Waals surface area contributed by atoms with Gasteiger partial charge < -0.3 is 9.64 Å². The lowest BCUT2D eigenvalue weighted by Gasteiger charge is -2.56. The topological polar surface area (TPSA) is 90.7 Å². The van der Waals surface area contributed by atoms with Crippen LogP contribution in [0, 0.1) is 34.5 Å². The Morgan fingerprint density at radius 3 is 2.30 bits per heavy atom. The van der Waals surface area contributed by atoms with Crippen LogP contribution in [-0.2, 0) is 19.1 Å². The summed E-state index contributed by atoms with van der Waals surface area (Å²) in [5.41, 5.74) is 0.296. The number of esters is 1. The molecule has 0 aromatic heterocycles. The van der Waals surface area contributed by atoms with Crippen LogP contribution >= 0.6 is 0 Å². The highest BCUT2D eigenvalue weighted by Gasteiger charge is 2.57. The second-order valence-corrected chi connectivity index (χ2v) is 10.4. The molecule has 0 spiro atoms. The first-order valence-electron chi connectivity index (χ1n) is 12.2. The van der Waals surface area contributed by atoms with Gasteiger partial charge in [-0.1, -0.05) is 18.2 Å². The predicted molar refractivity (Wildman–Crippen MR) is 121 cm³/mol. The van der Waals surface area contributed by atoms with Crippen LogP contribution in [0.4, 0.5) is 5.69 Å². The minimum absolute atomic E-state index is 0.125. The summed E-state index contributed by atoms with van der Waals surface area (Å²) in [6, 6.07) is 10.2. The lowest BCUT2D eigenvalue weighted by molar-refractivity contribution is -0.166. The predicted octanol–water partition coefficient (Wildman–Crippen LogP) is 3.29. The zero-order valence-electron chi connectivity index (χ0n) is 18.9. The molecule has 5 aliphatic rings. The lowest BCUT2D eigenvalue weighted by Crippen LogP contribution is -2.56. The van der Waals surface area contributed by atoms with E-state index in [1.165, 1.54) is 24.2 Å². The van der Waals surface area contributed by atoms with Gasteiger partial charge in [-0.25, -0.2) is 4.79 Å². The maximum Gasteiger partial charge on any atom is 0.329 e. The summed E-state index contributed by atoms with van der Waals surface area (Å²) in [5, 5.41) is 9.11. The minimum atomic E-state index is -0.612. The van der Waals surface area contributed by atoms with Crippen molar-refractivity contribution in [3.63, 3.8) is 0 Å². The first kappa shape index (κ1) is 21.9. The second kappa shape index (κ2) is 8.81. The molecule has 1 atom stereocenters. The van der Waals surface area contributed by atoms with Crippen LogP contribution < -0.4 is 4.90 Å². The van der Waals surface area contributed by atoms with Gasteiger partial charge in [0.1, 0.15) is 12.6 Å². The average Bonchev–Trinajstić information content (AvgIpc) is 3.30. The number of anilines is 1. The largest absolute Gasteiger partial charge is 0.454 e. The number of carbonyl (C=O) groups excluding carboxylic acids is 3. The van der Waals surface area contributed by atoms with Gasteiger partial charge in [0, 0.05) is 12.2 Å². The number of likely N-dealkylation sites (tertiary alicyclic amines) is 1. The molecule has 4 saturated carbocycles. The van der Waals surface area contributed by atoms with Gasteiger partial charge >= 0.3 is 5.97 Å². The molecule has 6 rings (SSSR count). The van der Waals surface area contributed by atoms with E-state index >= 15 is 0 Å². The average molecular weight is 450 g/mol. The van der Waals surface area contributed by atoms with Crippen LogP contribution in [0.1, 0.15) is 51.4 Å². The molecule has 1 aromatic rings. The zero-order chi connectivity index (χ0) is 23.0. The molecule has 0 radical (unpaired) electrons. The molecule has 2 amide bonds. The van der Waals surface area contributed by atoms with E-state index in [2.05, 4.69) is 0 Å². The Balaban J connectivity index is 1.23. The molecule has 33 heavy (non-hydrogen) atoms.